The number of nitrogens with zero attached hydrogens (tertiary/aromatic N) is 2. The van der Waals surface area contributed by atoms with Gasteiger partial charge in [-0.25, -0.2) is 9.97 Å². The van der Waals surface area contributed by atoms with E-state index in [2.05, 4.69) is 15.3 Å². The molecule has 0 aliphatic carbocycles. The van der Waals surface area contributed by atoms with E-state index in [4.69, 9.17) is 22.4 Å². The van der Waals surface area contributed by atoms with Crippen LogP contribution in [0, 0.1) is 0 Å². The number of carboxylic acid groups (broad SMARTS) is 1. The zero-order valence-electron chi connectivity index (χ0n) is 8.05. The lowest BCUT2D eigenvalue weighted by Crippen LogP contribution is -2.37. The first-order valence-corrected chi connectivity index (χ1v) is 4.63. The second-order valence-electron chi connectivity index (χ2n) is 2.90. The van der Waals surface area contributed by atoms with Crippen molar-refractivity contribution < 1.29 is 14.7 Å². The van der Waals surface area contributed by atoms with Gasteiger partial charge in [0.15, 0.2) is 0 Å². The summed E-state index contributed by atoms with van der Waals surface area (Å²) in [7, 11) is 0. The lowest BCUT2D eigenvalue weighted by atomic mass is 10.2. The largest absolute Gasteiger partial charge is 0.481 e. The number of nitrogens with two attached hydrogens (primary N) is 1. The van der Waals surface area contributed by atoms with Gasteiger partial charge in [-0.15, -0.1) is 0 Å². The molecule has 1 amide bonds. The van der Waals surface area contributed by atoms with Crippen LogP contribution in [0.3, 0.4) is 0 Å². The topological polar surface area (TPSA) is 118 Å². The van der Waals surface area contributed by atoms with E-state index in [0.717, 1.165) is 0 Å². The van der Waals surface area contributed by atoms with Gasteiger partial charge in [-0.2, -0.15) is 0 Å². The fourth-order valence-corrected chi connectivity index (χ4v) is 1.02. The van der Waals surface area contributed by atoms with Crippen molar-refractivity contribution in [3.05, 3.63) is 17.4 Å². The summed E-state index contributed by atoms with van der Waals surface area (Å²) >= 11 is 5.56. The van der Waals surface area contributed by atoms with E-state index in [0.29, 0.717) is 0 Å². The van der Waals surface area contributed by atoms with Gasteiger partial charge in [0.1, 0.15) is 5.15 Å². The summed E-state index contributed by atoms with van der Waals surface area (Å²) in [5.74, 6) is -1.85. The highest BCUT2D eigenvalue weighted by molar-refractivity contribution is 6.29. The molecule has 0 spiro atoms. The van der Waals surface area contributed by atoms with Crippen molar-refractivity contribution in [2.75, 3.05) is 5.32 Å². The number of carboxylic acids is 1. The Kier molecular flexibility index (Phi) is 4.15. The average molecular weight is 245 g/mol. The third-order valence-corrected chi connectivity index (χ3v) is 1.80. The summed E-state index contributed by atoms with van der Waals surface area (Å²) in [4.78, 5) is 29.0. The molecule has 0 aromatic carbocycles. The third kappa shape index (κ3) is 3.79. The molecule has 0 saturated heterocycles. The number of carbonyl (C=O) groups is 2. The molecule has 86 valence electrons. The van der Waals surface area contributed by atoms with Crippen LogP contribution in [-0.2, 0) is 9.59 Å². The summed E-state index contributed by atoms with van der Waals surface area (Å²) in [5, 5.41) is 10.8. The SMILES string of the molecule is NC(CC(=O)O)C(=O)Nc1nccc(Cl)n1. The first kappa shape index (κ1) is 12.3. The number of aromatic nitrogens is 2. The second kappa shape index (κ2) is 5.38. The summed E-state index contributed by atoms with van der Waals surface area (Å²) in [6, 6.07) is 0.286. The van der Waals surface area contributed by atoms with E-state index in [-0.39, 0.29) is 11.1 Å². The Morgan fingerprint density at radius 2 is 2.31 bits per heavy atom. The summed E-state index contributed by atoms with van der Waals surface area (Å²) in [6.45, 7) is 0. The predicted molar refractivity (Wildman–Crippen MR) is 55.9 cm³/mol. The number of anilines is 1. The van der Waals surface area contributed by atoms with Crippen LogP contribution >= 0.6 is 11.6 Å². The van der Waals surface area contributed by atoms with Gasteiger partial charge >= 0.3 is 5.97 Å². The van der Waals surface area contributed by atoms with Crippen molar-refractivity contribution in [2.45, 2.75) is 12.5 Å². The van der Waals surface area contributed by atoms with Crippen LogP contribution in [0.4, 0.5) is 5.95 Å². The molecule has 0 saturated carbocycles. The minimum atomic E-state index is -1.16. The average Bonchev–Trinajstić information content (AvgIpc) is 2.16. The standard InChI is InChI=1S/C8H9ClN4O3/c9-5-1-2-11-8(12-5)13-7(16)4(10)3-6(14)15/h1-2,4H,3,10H2,(H,14,15)(H,11,12,13,16). The highest BCUT2D eigenvalue weighted by Gasteiger charge is 2.17. The summed E-state index contributed by atoms with van der Waals surface area (Å²) in [6.07, 6.45) is 0.889. The molecule has 8 heteroatoms. The number of aliphatic carboxylic acids is 1. The zero-order chi connectivity index (χ0) is 12.1. The van der Waals surface area contributed by atoms with Crippen LogP contribution in [0.2, 0.25) is 5.15 Å². The minimum absolute atomic E-state index is 0.0154. The van der Waals surface area contributed by atoms with Crippen LogP contribution in [-0.4, -0.2) is 33.0 Å². The molecule has 4 N–H and O–H groups in total. The van der Waals surface area contributed by atoms with Crippen molar-refractivity contribution in [2.24, 2.45) is 5.73 Å². The molecule has 1 atom stereocenters. The Bertz CT molecular complexity index is 412. The molecule has 1 rings (SSSR count). The second-order valence-corrected chi connectivity index (χ2v) is 3.28. The summed E-state index contributed by atoms with van der Waals surface area (Å²) < 4.78 is 0. The number of hydrogen-bond donors (Lipinski definition) is 3. The molecular formula is C8H9ClN4O3. The van der Waals surface area contributed by atoms with Crippen molar-refractivity contribution in [3.8, 4) is 0 Å². The summed E-state index contributed by atoms with van der Waals surface area (Å²) in [5.41, 5.74) is 5.32. The van der Waals surface area contributed by atoms with E-state index >= 15 is 0 Å². The van der Waals surface area contributed by atoms with Gasteiger partial charge < -0.3 is 10.8 Å². The van der Waals surface area contributed by atoms with Gasteiger partial charge in [0, 0.05) is 6.20 Å². The minimum Gasteiger partial charge on any atom is -0.481 e. The zero-order valence-corrected chi connectivity index (χ0v) is 8.81. The molecule has 0 fully saturated rings. The highest BCUT2D eigenvalue weighted by atomic mass is 35.5. The first-order chi connectivity index (χ1) is 7.49. The molecular weight excluding hydrogens is 236 g/mol. The van der Waals surface area contributed by atoms with Crippen LogP contribution < -0.4 is 11.1 Å². The Balaban J connectivity index is 2.60. The molecule has 1 aromatic heterocycles. The maximum absolute atomic E-state index is 11.3. The smallest absolute Gasteiger partial charge is 0.305 e. The van der Waals surface area contributed by atoms with Crippen molar-refractivity contribution >= 4 is 29.4 Å². The Labute approximate surface area is 95.6 Å². The van der Waals surface area contributed by atoms with E-state index in [1.807, 2.05) is 0 Å². The fourth-order valence-electron chi connectivity index (χ4n) is 0.881. The Morgan fingerprint density at radius 1 is 1.62 bits per heavy atom. The number of rotatable bonds is 4. The third-order valence-electron chi connectivity index (χ3n) is 1.59. The Morgan fingerprint density at radius 3 is 2.88 bits per heavy atom. The van der Waals surface area contributed by atoms with Crippen LogP contribution in [0.5, 0.6) is 0 Å². The van der Waals surface area contributed by atoms with Gasteiger partial charge in [-0.3, -0.25) is 14.9 Å². The van der Waals surface area contributed by atoms with Gasteiger partial charge in [0.25, 0.3) is 0 Å². The van der Waals surface area contributed by atoms with Gasteiger partial charge in [0.2, 0.25) is 11.9 Å². The molecule has 7 nitrogen and oxygen atoms in total. The lowest BCUT2D eigenvalue weighted by Gasteiger charge is -2.08. The van der Waals surface area contributed by atoms with Crippen molar-refractivity contribution in [1.82, 2.24) is 9.97 Å². The number of hydrogen-bond acceptors (Lipinski definition) is 5. The maximum Gasteiger partial charge on any atom is 0.305 e. The number of nitrogens with one attached hydrogen (secondary N) is 1. The molecule has 0 aliphatic heterocycles. The van der Waals surface area contributed by atoms with Crippen LogP contribution in [0.25, 0.3) is 0 Å². The van der Waals surface area contributed by atoms with Crippen molar-refractivity contribution in [3.63, 3.8) is 0 Å². The van der Waals surface area contributed by atoms with E-state index in [9.17, 15) is 9.59 Å². The van der Waals surface area contributed by atoms with Gasteiger partial charge in [0.05, 0.1) is 12.5 Å². The fraction of sp³-hybridized carbons (Fsp3) is 0.250. The highest BCUT2D eigenvalue weighted by Crippen LogP contribution is 2.06. The van der Waals surface area contributed by atoms with Crippen LogP contribution in [0.1, 0.15) is 6.42 Å². The van der Waals surface area contributed by atoms with E-state index < -0.39 is 24.3 Å². The van der Waals surface area contributed by atoms with E-state index in [1.54, 1.807) is 0 Å². The molecule has 1 unspecified atom stereocenters. The normalized spacial score (nSPS) is 11.9. The monoisotopic (exact) mass is 244 g/mol. The number of halogens is 1. The predicted octanol–water partition coefficient (Wildman–Crippen LogP) is -0.130. The Hall–Kier alpha value is -1.73. The van der Waals surface area contributed by atoms with Crippen LogP contribution in [0.15, 0.2) is 12.3 Å². The molecule has 0 aliphatic rings. The molecule has 16 heavy (non-hydrogen) atoms. The quantitative estimate of drug-likeness (QED) is 0.635. The lowest BCUT2D eigenvalue weighted by molar-refractivity contribution is -0.138. The molecule has 1 aromatic rings. The van der Waals surface area contributed by atoms with Crippen molar-refractivity contribution in [1.29, 1.82) is 0 Å². The molecule has 0 bridgehead atoms. The van der Waals surface area contributed by atoms with E-state index in [1.165, 1.54) is 12.3 Å². The molecule has 1 heterocycles. The van der Waals surface area contributed by atoms with Gasteiger partial charge in [-0.05, 0) is 6.07 Å². The van der Waals surface area contributed by atoms with Gasteiger partial charge in [-0.1, -0.05) is 11.6 Å². The number of amides is 1. The number of carbonyl (C=O) groups excluding carboxylic acids is 1. The first-order valence-electron chi connectivity index (χ1n) is 4.26. The maximum atomic E-state index is 11.3. The molecule has 0 radical (unpaired) electrons.